The maximum Gasteiger partial charge on any atom is 0.338 e. The number of amides is 1. The molecule has 2 atom stereocenters. The van der Waals surface area contributed by atoms with Crippen molar-refractivity contribution in [1.29, 1.82) is 0 Å². The molecule has 4 heterocycles. The monoisotopic (exact) mass is 505 g/mol. The van der Waals surface area contributed by atoms with Gasteiger partial charge in [0.15, 0.2) is 5.82 Å². The van der Waals surface area contributed by atoms with E-state index in [9.17, 15) is 14.7 Å². The van der Waals surface area contributed by atoms with Crippen LogP contribution < -0.4 is 5.32 Å². The van der Waals surface area contributed by atoms with Crippen LogP contribution in [0.4, 0.5) is 0 Å². The maximum atomic E-state index is 13.0. The summed E-state index contributed by atoms with van der Waals surface area (Å²) < 4.78 is 6.57. The Bertz CT molecular complexity index is 1290. The number of carbonyl (C=O) groups excluding carboxylic acids is 2. The summed E-state index contributed by atoms with van der Waals surface area (Å²) in [6, 6.07) is 6.98. The van der Waals surface area contributed by atoms with E-state index in [0.29, 0.717) is 23.5 Å². The average Bonchev–Trinajstić information content (AvgIpc) is 3.55. The highest BCUT2D eigenvalue weighted by Gasteiger charge is 2.35. The summed E-state index contributed by atoms with van der Waals surface area (Å²) >= 11 is 0. The second-order valence-corrected chi connectivity index (χ2v) is 10.3. The van der Waals surface area contributed by atoms with Gasteiger partial charge in [0.1, 0.15) is 12.9 Å². The van der Waals surface area contributed by atoms with Crippen molar-refractivity contribution in [3.8, 4) is 5.82 Å². The number of carbonyl (C=O) groups is 2. The zero-order valence-electron chi connectivity index (χ0n) is 21.2. The molecule has 1 saturated heterocycles. The van der Waals surface area contributed by atoms with E-state index in [1.165, 1.54) is 17.2 Å². The number of esters is 1. The average molecular weight is 506 g/mol. The minimum Gasteiger partial charge on any atom is -0.457 e. The minimum absolute atomic E-state index is 0.191. The van der Waals surface area contributed by atoms with Gasteiger partial charge in [-0.3, -0.25) is 4.79 Å². The van der Waals surface area contributed by atoms with E-state index in [1.807, 2.05) is 26.8 Å². The molecule has 194 valence electrons. The predicted octanol–water partition coefficient (Wildman–Crippen LogP) is 1.99. The fourth-order valence-electron chi connectivity index (χ4n) is 5.27. The highest BCUT2D eigenvalue weighted by molar-refractivity contribution is 5.94. The first kappa shape index (κ1) is 25.0. The van der Waals surface area contributed by atoms with Gasteiger partial charge in [-0.25, -0.2) is 9.78 Å². The summed E-state index contributed by atoms with van der Waals surface area (Å²) in [5.41, 5.74) is 3.19. The number of cyclic esters (lactones) is 1. The first-order chi connectivity index (χ1) is 17.7. The normalized spacial score (nSPS) is 18.8. The van der Waals surface area contributed by atoms with E-state index in [-0.39, 0.29) is 24.4 Å². The number of nitrogens with zero attached hydrogens (tertiary/aromatic N) is 6. The number of ether oxygens (including phenoxy) is 1. The van der Waals surface area contributed by atoms with E-state index in [4.69, 9.17) is 4.74 Å². The number of nitrogens with one attached hydrogen (secondary N) is 1. The van der Waals surface area contributed by atoms with E-state index in [1.54, 1.807) is 18.2 Å². The molecule has 1 aromatic carbocycles. The SMILES string of the molecule is Cc1c([C@@H](O)CN2CCCC(C(C)(C)NC(=O)c3ccc(-n4cnnn4)nc3)C2)ccc2c1COC2=O. The molecule has 1 fully saturated rings. The van der Waals surface area contributed by atoms with Crippen LogP contribution in [0.2, 0.25) is 0 Å². The van der Waals surface area contributed by atoms with Crippen LogP contribution >= 0.6 is 0 Å². The molecule has 0 aliphatic carbocycles. The van der Waals surface area contributed by atoms with Gasteiger partial charge < -0.3 is 20.1 Å². The van der Waals surface area contributed by atoms with Crippen LogP contribution in [0.3, 0.4) is 0 Å². The molecule has 0 saturated carbocycles. The number of aliphatic hydroxyl groups is 1. The van der Waals surface area contributed by atoms with Gasteiger partial charge in [0, 0.05) is 30.4 Å². The summed E-state index contributed by atoms with van der Waals surface area (Å²) in [4.78, 5) is 31.4. The number of likely N-dealkylation sites (tertiary alicyclic amines) is 1. The van der Waals surface area contributed by atoms with Crippen LogP contribution in [-0.2, 0) is 11.3 Å². The van der Waals surface area contributed by atoms with Crippen molar-refractivity contribution in [2.24, 2.45) is 5.92 Å². The van der Waals surface area contributed by atoms with Gasteiger partial charge in [-0.05, 0) is 85.8 Å². The van der Waals surface area contributed by atoms with Crippen LogP contribution in [0, 0.1) is 12.8 Å². The number of aliphatic hydroxyl groups excluding tert-OH is 1. The molecule has 3 aromatic rings. The summed E-state index contributed by atoms with van der Waals surface area (Å²) in [5.74, 6) is 0.239. The lowest BCUT2D eigenvalue weighted by Gasteiger charge is -2.42. The fraction of sp³-hybridized carbons (Fsp3) is 0.462. The first-order valence-electron chi connectivity index (χ1n) is 12.4. The van der Waals surface area contributed by atoms with Crippen molar-refractivity contribution in [1.82, 2.24) is 35.4 Å². The number of hydrogen-bond donors (Lipinski definition) is 2. The summed E-state index contributed by atoms with van der Waals surface area (Å²) in [7, 11) is 0. The summed E-state index contributed by atoms with van der Waals surface area (Å²) in [6.45, 7) is 8.40. The highest BCUT2D eigenvalue weighted by Crippen LogP contribution is 2.32. The molecule has 11 nitrogen and oxygen atoms in total. The molecule has 1 unspecified atom stereocenters. The molecule has 2 aliphatic heterocycles. The van der Waals surface area contributed by atoms with E-state index in [2.05, 4.69) is 30.7 Å². The smallest absolute Gasteiger partial charge is 0.338 e. The van der Waals surface area contributed by atoms with Crippen LogP contribution in [0.25, 0.3) is 5.82 Å². The number of tetrazole rings is 1. The van der Waals surface area contributed by atoms with Gasteiger partial charge in [-0.2, -0.15) is 4.68 Å². The van der Waals surface area contributed by atoms with Crippen molar-refractivity contribution in [2.75, 3.05) is 19.6 Å². The molecule has 2 aromatic heterocycles. The maximum absolute atomic E-state index is 13.0. The Morgan fingerprint density at radius 2 is 2.14 bits per heavy atom. The van der Waals surface area contributed by atoms with Gasteiger partial charge in [0.25, 0.3) is 5.91 Å². The van der Waals surface area contributed by atoms with Crippen molar-refractivity contribution in [2.45, 2.75) is 51.9 Å². The van der Waals surface area contributed by atoms with E-state index >= 15 is 0 Å². The summed E-state index contributed by atoms with van der Waals surface area (Å²) in [6.07, 6.45) is 4.24. The molecule has 1 amide bonds. The van der Waals surface area contributed by atoms with Crippen LogP contribution in [0.5, 0.6) is 0 Å². The number of rotatable bonds is 7. The Morgan fingerprint density at radius 3 is 2.86 bits per heavy atom. The number of hydrogen-bond acceptors (Lipinski definition) is 9. The molecule has 0 radical (unpaired) electrons. The van der Waals surface area contributed by atoms with Crippen molar-refractivity contribution < 1.29 is 19.4 Å². The minimum atomic E-state index is -0.678. The number of benzene rings is 1. The number of aromatic nitrogens is 5. The largest absolute Gasteiger partial charge is 0.457 e. The predicted molar refractivity (Wildman–Crippen MR) is 133 cm³/mol. The first-order valence-corrected chi connectivity index (χ1v) is 12.4. The zero-order valence-corrected chi connectivity index (χ0v) is 21.2. The molecule has 2 N–H and O–H groups in total. The van der Waals surface area contributed by atoms with Crippen LogP contribution in [0.1, 0.15) is 70.2 Å². The molecule has 5 rings (SSSR count). The zero-order chi connectivity index (χ0) is 26.2. The fourth-order valence-corrected chi connectivity index (χ4v) is 5.27. The molecular weight excluding hydrogens is 474 g/mol. The van der Waals surface area contributed by atoms with Gasteiger partial charge in [0.2, 0.25) is 0 Å². The van der Waals surface area contributed by atoms with Crippen molar-refractivity contribution in [3.63, 3.8) is 0 Å². The lowest BCUT2D eigenvalue weighted by molar-refractivity contribution is 0.0533. The molecular formula is C26H31N7O4. The standard InChI is InChI=1S/C26H31N7O4/c1-16-19(7-8-20-21(16)14-37-25(20)36)22(34)13-32-10-4-5-18(12-32)26(2,3)29-24(35)17-6-9-23(27-11-17)33-15-28-30-31-33/h6-9,11,15,18,22,34H,4-5,10,12-14H2,1-3H3,(H,29,35)/t18?,22-/m0/s1. The third kappa shape index (κ3) is 5.09. The van der Waals surface area contributed by atoms with E-state index < -0.39 is 11.6 Å². The second kappa shape index (κ2) is 9.98. The Morgan fingerprint density at radius 1 is 1.30 bits per heavy atom. The molecule has 0 bridgehead atoms. The molecule has 0 spiro atoms. The van der Waals surface area contributed by atoms with Gasteiger partial charge in [-0.1, -0.05) is 6.07 Å². The van der Waals surface area contributed by atoms with Gasteiger partial charge >= 0.3 is 5.97 Å². The Labute approximate surface area is 214 Å². The quantitative estimate of drug-likeness (QED) is 0.462. The van der Waals surface area contributed by atoms with Crippen LogP contribution in [0.15, 0.2) is 36.8 Å². The van der Waals surface area contributed by atoms with Gasteiger partial charge in [0.05, 0.1) is 17.2 Å². The van der Waals surface area contributed by atoms with Gasteiger partial charge in [-0.15, -0.1) is 5.10 Å². The lowest BCUT2D eigenvalue weighted by atomic mass is 9.81. The van der Waals surface area contributed by atoms with E-state index in [0.717, 1.165) is 42.6 Å². The highest BCUT2D eigenvalue weighted by atomic mass is 16.5. The Hall–Kier alpha value is -3.70. The number of pyridine rings is 1. The third-order valence-corrected chi connectivity index (χ3v) is 7.55. The molecule has 2 aliphatic rings. The Kier molecular flexibility index (Phi) is 6.74. The lowest BCUT2D eigenvalue weighted by Crippen LogP contribution is -2.54. The number of piperidine rings is 1. The Balaban J connectivity index is 1.21. The third-order valence-electron chi connectivity index (χ3n) is 7.55. The van der Waals surface area contributed by atoms with Crippen molar-refractivity contribution in [3.05, 3.63) is 64.6 Å². The van der Waals surface area contributed by atoms with Crippen LogP contribution in [-0.4, -0.2) is 72.2 Å². The number of fused-ring (bicyclic) bond motifs is 1. The summed E-state index contributed by atoms with van der Waals surface area (Å²) in [5, 5.41) is 25.2. The van der Waals surface area contributed by atoms with Crippen molar-refractivity contribution >= 4 is 11.9 Å². The topological polar surface area (TPSA) is 135 Å². The molecule has 37 heavy (non-hydrogen) atoms. The number of β-amino-alcohol motifs (C(OH)–C–C–N with tert-alkyl or cyclic N) is 1. The molecule has 11 heteroatoms. The second-order valence-electron chi connectivity index (χ2n) is 10.3.